The van der Waals surface area contributed by atoms with Gasteiger partial charge in [0.15, 0.2) is 0 Å². The number of thioether (sulfide) groups is 1. The van der Waals surface area contributed by atoms with E-state index in [-0.39, 0.29) is 11.1 Å². The number of carbonyl (C=O) groups is 2. The molecule has 0 aromatic heterocycles. The average Bonchev–Trinajstić information content (AvgIpc) is 2.85. The topological polar surface area (TPSA) is 46.6 Å². The van der Waals surface area contributed by atoms with E-state index in [1.807, 2.05) is 6.92 Å². The van der Waals surface area contributed by atoms with Crippen LogP contribution in [-0.2, 0) is 4.79 Å². The molecule has 0 saturated carbocycles. The number of amides is 2. The van der Waals surface area contributed by atoms with Gasteiger partial charge in [-0.3, -0.25) is 9.59 Å². The highest BCUT2D eigenvalue weighted by molar-refractivity contribution is 8.19. The van der Waals surface area contributed by atoms with Crippen molar-refractivity contribution in [3.8, 4) is 5.75 Å². The number of hydrogen-bond acceptors (Lipinski definition) is 4. The fraction of sp³-hybridized carbons (Fsp3) is 0.111. The summed E-state index contributed by atoms with van der Waals surface area (Å²) in [5.41, 5.74) is 1.27. The Morgan fingerprint density at radius 2 is 1.83 bits per heavy atom. The third-order valence-corrected chi connectivity index (χ3v) is 4.49. The van der Waals surface area contributed by atoms with E-state index >= 15 is 0 Å². The van der Waals surface area contributed by atoms with Crippen LogP contribution in [0.5, 0.6) is 5.75 Å². The minimum Gasteiger partial charge on any atom is -0.492 e. The summed E-state index contributed by atoms with van der Waals surface area (Å²) in [6.07, 6.45) is 1.69. The van der Waals surface area contributed by atoms with Gasteiger partial charge in [-0.1, -0.05) is 35.9 Å². The number of hydrogen-bond donors (Lipinski definition) is 0. The predicted octanol–water partition coefficient (Wildman–Crippen LogP) is 4.98. The molecule has 2 aromatic rings. The van der Waals surface area contributed by atoms with E-state index in [1.54, 1.807) is 54.6 Å². The maximum absolute atomic E-state index is 12.7. The molecule has 0 aliphatic carbocycles. The summed E-state index contributed by atoms with van der Waals surface area (Å²) < 4.78 is 5.52. The van der Waals surface area contributed by atoms with Crippen molar-refractivity contribution in [3.05, 3.63) is 64.0 Å². The van der Waals surface area contributed by atoms with Crippen molar-refractivity contribution in [1.82, 2.24) is 0 Å². The molecule has 122 valence electrons. The number of ether oxygens (including phenoxy) is 1. The van der Waals surface area contributed by atoms with Gasteiger partial charge in [0.05, 0.1) is 17.2 Å². The molecule has 2 amide bonds. The van der Waals surface area contributed by atoms with Crippen LogP contribution < -0.4 is 9.64 Å². The molecule has 0 N–H and O–H groups in total. The highest BCUT2D eigenvalue weighted by atomic mass is 35.5. The molecular formula is C18H14ClNO3S. The molecule has 1 saturated heterocycles. The van der Waals surface area contributed by atoms with Crippen molar-refractivity contribution in [1.29, 1.82) is 0 Å². The fourth-order valence-corrected chi connectivity index (χ4v) is 3.27. The average molecular weight is 360 g/mol. The number of carbonyl (C=O) groups excluding carboxylic acids is 2. The number of halogens is 1. The van der Waals surface area contributed by atoms with Gasteiger partial charge in [-0.15, -0.1) is 0 Å². The Hall–Kier alpha value is -2.24. The van der Waals surface area contributed by atoms with Crippen molar-refractivity contribution in [2.24, 2.45) is 0 Å². The third kappa shape index (κ3) is 3.32. The number of nitrogens with zero attached hydrogens (tertiary/aromatic N) is 1. The van der Waals surface area contributed by atoms with Gasteiger partial charge in [0, 0.05) is 5.02 Å². The van der Waals surface area contributed by atoms with Gasteiger partial charge in [-0.25, -0.2) is 4.90 Å². The molecule has 2 aromatic carbocycles. The highest BCUT2D eigenvalue weighted by Crippen LogP contribution is 2.39. The zero-order valence-electron chi connectivity index (χ0n) is 12.9. The van der Waals surface area contributed by atoms with Crippen molar-refractivity contribution in [2.75, 3.05) is 11.5 Å². The van der Waals surface area contributed by atoms with E-state index in [4.69, 9.17) is 16.3 Å². The number of benzene rings is 2. The van der Waals surface area contributed by atoms with Crippen LogP contribution in [0, 0.1) is 0 Å². The first kappa shape index (κ1) is 16.6. The third-order valence-electron chi connectivity index (χ3n) is 3.37. The van der Waals surface area contributed by atoms with E-state index in [1.165, 1.54) is 0 Å². The number of rotatable bonds is 4. The largest absolute Gasteiger partial charge is 0.492 e. The Morgan fingerprint density at radius 1 is 1.12 bits per heavy atom. The smallest absolute Gasteiger partial charge is 0.298 e. The Kier molecular flexibility index (Phi) is 4.92. The minimum absolute atomic E-state index is 0.340. The quantitative estimate of drug-likeness (QED) is 0.722. The second kappa shape index (κ2) is 7.11. The second-order valence-electron chi connectivity index (χ2n) is 4.97. The van der Waals surface area contributed by atoms with Gasteiger partial charge in [-0.05, 0) is 54.6 Å². The summed E-state index contributed by atoms with van der Waals surface area (Å²) in [6.45, 7) is 2.30. The summed E-state index contributed by atoms with van der Waals surface area (Å²) in [4.78, 5) is 26.5. The molecule has 1 aliphatic heterocycles. The summed E-state index contributed by atoms with van der Waals surface area (Å²) in [6, 6.07) is 14.1. The lowest BCUT2D eigenvalue weighted by molar-refractivity contribution is -0.113. The lowest BCUT2D eigenvalue weighted by Crippen LogP contribution is -2.28. The van der Waals surface area contributed by atoms with Gasteiger partial charge in [0.25, 0.3) is 11.1 Å². The summed E-state index contributed by atoms with van der Waals surface area (Å²) >= 11 is 6.77. The summed E-state index contributed by atoms with van der Waals surface area (Å²) in [5, 5.41) is 0.276. The van der Waals surface area contributed by atoms with Crippen LogP contribution in [0.15, 0.2) is 53.4 Å². The van der Waals surface area contributed by atoms with Gasteiger partial charge in [-0.2, -0.15) is 0 Å². The SMILES string of the molecule is CCOc1ccccc1N1C(=O)S/C(=C\c2ccc(Cl)cc2)C1=O. The molecule has 3 rings (SSSR count). The molecule has 0 bridgehead atoms. The molecule has 24 heavy (non-hydrogen) atoms. The number of imide groups is 1. The van der Waals surface area contributed by atoms with Crippen molar-refractivity contribution >= 4 is 46.3 Å². The van der Waals surface area contributed by atoms with Crippen LogP contribution >= 0.6 is 23.4 Å². The highest BCUT2D eigenvalue weighted by Gasteiger charge is 2.37. The van der Waals surface area contributed by atoms with E-state index in [2.05, 4.69) is 0 Å². The lowest BCUT2D eigenvalue weighted by atomic mass is 10.2. The molecule has 0 atom stereocenters. The van der Waals surface area contributed by atoms with E-state index < -0.39 is 0 Å². The van der Waals surface area contributed by atoms with Crippen LogP contribution in [0.4, 0.5) is 10.5 Å². The molecular weight excluding hydrogens is 346 g/mol. The first-order chi connectivity index (χ1) is 11.6. The zero-order chi connectivity index (χ0) is 17.1. The van der Waals surface area contributed by atoms with E-state index in [9.17, 15) is 9.59 Å². The predicted molar refractivity (Wildman–Crippen MR) is 97.5 cm³/mol. The van der Waals surface area contributed by atoms with Crippen LogP contribution in [0.1, 0.15) is 12.5 Å². The van der Waals surface area contributed by atoms with E-state index in [0.29, 0.717) is 28.0 Å². The fourth-order valence-electron chi connectivity index (χ4n) is 2.31. The minimum atomic E-state index is -0.355. The zero-order valence-corrected chi connectivity index (χ0v) is 14.4. The molecule has 1 aliphatic rings. The van der Waals surface area contributed by atoms with Gasteiger partial charge >= 0.3 is 0 Å². The van der Waals surface area contributed by atoms with Crippen molar-refractivity contribution in [2.45, 2.75) is 6.92 Å². The first-order valence-electron chi connectivity index (χ1n) is 7.35. The Bertz CT molecular complexity index is 817. The summed E-state index contributed by atoms with van der Waals surface area (Å²) in [7, 11) is 0. The molecule has 0 spiro atoms. The maximum atomic E-state index is 12.7. The van der Waals surface area contributed by atoms with Crippen molar-refractivity contribution < 1.29 is 14.3 Å². The van der Waals surface area contributed by atoms with Crippen LogP contribution in [0.3, 0.4) is 0 Å². The molecule has 0 unspecified atom stereocenters. The Morgan fingerprint density at radius 3 is 2.54 bits per heavy atom. The summed E-state index contributed by atoms with van der Waals surface area (Å²) in [5.74, 6) is 0.155. The molecule has 0 radical (unpaired) electrons. The van der Waals surface area contributed by atoms with Gasteiger partial charge < -0.3 is 4.74 Å². The van der Waals surface area contributed by atoms with Gasteiger partial charge in [0.1, 0.15) is 5.75 Å². The molecule has 4 nitrogen and oxygen atoms in total. The second-order valence-corrected chi connectivity index (χ2v) is 6.40. The van der Waals surface area contributed by atoms with E-state index in [0.717, 1.165) is 22.2 Å². The van der Waals surface area contributed by atoms with Gasteiger partial charge in [0.2, 0.25) is 0 Å². The maximum Gasteiger partial charge on any atom is 0.298 e. The van der Waals surface area contributed by atoms with Crippen LogP contribution in [0.25, 0.3) is 6.08 Å². The Labute approximate surface area is 149 Å². The standard InChI is InChI=1S/C18H14ClNO3S/c1-2-23-15-6-4-3-5-14(15)20-17(21)16(24-18(20)22)11-12-7-9-13(19)10-8-12/h3-11H,2H2,1H3/b16-11-. The number of anilines is 1. The normalized spacial score (nSPS) is 16.1. The van der Waals surface area contributed by atoms with Crippen molar-refractivity contribution in [3.63, 3.8) is 0 Å². The number of para-hydroxylation sites is 2. The van der Waals surface area contributed by atoms with Crippen LogP contribution in [0.2, 0.25) is 5.02 Å². The lowest BCUT2D eigenvalue weighted by Gasteiger charge is -2.16. The molecule has 6 heteroatoms. The van der Waals surface area contributed by atoms with Crippen LogP contribution in [-0.4, -0.2) is 17.8 Å². The Balaban J connectivity index is 1.94. The molecule has 1 heterocycles. The monoisotopic (exact) mass is 359 g/mol. The first-order valence-corrected chi connectivity index (χ1v) is 8.55. The molecule has 1 fully saturated rings.